The molecule has 0 aliphatic carbocycles. The number of thiophene rings is 1. The summed E-state index contributed by atoms with van der Waals surface area (Å²) in [5.74, 6) is 0. The Balaban J connectivity index is 2.55. The summed E-state index contributed by atoms with van der Waals surface area (Å²) >= 11 is 1.65. The second kappa shape index (κ2) is 4.28. The van der Waals surface area contributed by atoms with Gasteiger partial charge in [0.25, 0.3) is 0 Å². The van der Waals surface area contributed by atoms with Gasteiger partial charge in [0.2, 0.25) is 0 Å². The summed E-state index contributed by atoms with van der Waals surface area (Å²) in [4.78, 5) is 2.23. The zero-order chi connectivity index (χ0) is 12.6. The molecule has 0 radical (unpaired) electrons. The van der Waals surface area contributed by atoms with Crippen LogP contribution in [-0.4, -0.2) is 5.11 Å². The molecule has 17 heavy (non-hydrogen) atoms. The van der Waals surface area contributed by atoms with E-state index in [0.29, 0.717) is 0 Å². The molecular formula is C15H18OS. The van der Waals surface area contributed by atoms with Crippen LogP contribution in [0, 0.1) is 20.8 Å². The van der Waals surface area contributed by atoms with Gasteiger partial charge in [0.15, 0.2) is 0 Å². The summed E-state index contributed by atoms with van der Waals surface area (Å²) in [6.07, 6.45) is 0. The molecule has 1 nitrogen and oxygen atoms in total. The van der Waals surface area contributed by atoms with Crippen LogP contribution in [0.25, 0.3) is 0 Å². The number of rotatable bonds is 2. The van der Waals surface area contributed by atoms with E-state index in [1.807, 2.05) is 25.1 Å². The van der Waals surface area contributed by atoms with E-state index in [1.54, 1.807) is 11.3 Å². The monoisotopic (exact) mass is 246 g/mol. The van der Waals surface area contributed by atoms with Gasteiger partial charge >= 0.3 is 0 Å². The number of aryl methyl sites for hydroxylation is 2. The van der Waals surface area contributed by atoms with Crippen LogP contribution in [0.1, 0.15) is 33.4 Å². The molecule has 2 rings (SSSR count). The third kappa shape index (κ3) is 2.15. The fourth-order valence-electron chi connectivity index (χ4n) is 2.11. The highest BCUT2D eigenvalue weighted by molar-refractivity contribution is 7.12. The number of hydrogen-bond donors (Lipinski definition) is 1. The molecule has 0 bridgehead atoms. The summed E-state index contributed by atoms with van der Waals surface area (Å²) in [5.41, 5.74) is 2.49. The predicted octanol–water partition coefficient (Wildman–Crippen LogP) is 3.93. The van der Waals surface area contributed by atoms with Crippen molar-refractivity contribution in [3.8, 4) is 0 Å². The topological polar surface area (TPSA) is 20.2 Å². The SMILES string of the molecule is Cc1ccc(C(C)(O)c2cccc(C)c2C)s1. The minimum atomic E-state index is -0.894. The Labute approximate surface area is 107 Å². The lowest BCUT2D eigenvalue weighted by molar-refractivity contribution is 0.105. The van der Waals surface area contributed by atoms with Crippen molar-refractivity contribution in [1.29, 1.82) is 0 Å². The van der Waals surface area contributed by atoms with E-state index in [2.05, 4.69) is 32.9 Å². The van der Waals surface area contributed by atoms with E-state index in [0.717, 1.165) is 10.4 Å². The number of benzene rings is 1. The molecule has 2 aromatic rings. The van der Waals surface area contributed by atoms with Crippen molar-refractivity contribution in [2.24, 2.45) is 0 Å². The summed E-state index contributed by atoms with van der Waals surface area (Å²) in [5, 5.41) is 10.8. The molecule has 0 spiro atoms. The van der Waals surface area contributed by atoms with Gasteiger partial charge in [-0.25, -0.2) is 0 Å². The van der Waals surface area contributed by atoms with Crippen LogP contribution in [0.5, 0.6) is 0 Å². The molecule has 0 saturated heterocycles. The molecule has 0 fully saturated rings. The van der Waals surface area contributed by atoms with Crippen LogP contribution in [0.15, 0.2) is 30.3 Å². The lowest BCUT2D eigenvalue weighted by Crippen LogP contribution is -2.22. The maximum atomic E-state index is 10.8. The highest BCUT2D eigenvalue weighted by Gasteiger charge is 2.28. The van der Waals surface area contributed by atoms with E-state index in [1.165, 1.54) is 16.0 Å². The molecule has 1 atom stereocenters. The van der Waals surface area contributed by atoms with Crippen LogP contribution in [0.3, 0.4) is 0 Å². The Kier molecular flexibility index (Phi) is 3.11. The van der Waals surface area contributed by atoms with E-state index >= 15 is 0 Å². The van der Waals surface area contributed by atoms with Gasteiger partial charge in [-0.2, -0.15) is 0 Å². The zero-order valence-electron chi connectivity index (χ0n) is 10.7. The third-order valence-corrected chi connectivity index (χ3v) is 4.56. The van der Waals surface area contributed by atoms with E-state index in [9.17, 15) is 5.11 Å². The van der Waals surface area contributed by atoms with Crippen molar-refractivity contribution >= 4 is 11.3 Å². The first-order chi connectivity index (χ1) is 7.93. The summed E-state index contributed by atoms with van der Waals surface area (Å²) in [6, 6.07) is 10.2. The smallest absolute Gasteiger partial charge is 0.121 e. The minimum Gasteiger partial charge on any atom is -0.380 e. The molecule has 1 aromatic carbocycles. The summed E-state index contributed by atoms with van der Waals surface area (Å²) in [7, 11) is 0. The van der Waals surface area contributed by atoms with Crippen molar-refractivity contribution in [3.63, 3.8) is 0 Å². The van der Waals surface area contributed by atoms with Crippen molar-refractivity contribution in [2.45, 2.75) is 33.3 Å². The van der Waals surface area contributed by atoms with Gasteiger partial charge in [0, 0.05) is 9.75 Å². The largest absolute Gasteiger partial charge is 0.380 e. The minimum absolute atomic E-state index is 0.894. The standard InChI is InChI=1S/C15H18OS/c1-10-6-5-7-13(12(10)3)15(4,16)14-9-8-11(2)17-14/h5-9,16H,1-4H3. The highest BCUT2D eigenvalue weighted by atomic mass is 32.1. The molecule has 2 heteroatoms. The molecule has 1 aromatic heterocycles. The first-order valence-corrected chi connectivity index (χ1v) is 6.60. The normalized spacial score (nSPS) is 14.6. The quantitative estimate of drug-likeness (QED) is 0.851. The van der Waals surface area contributed by atoms with Crippen LogP contribution in [0.2, 0.25) is 0 Å². The maximum absolute atomic E-state index is 10.8. The van der Waals surface area contributed by atoms with Crippen LogP contribution in [-0.2, 0) is 5.60 Å². The van der Waals surface area contributed by atoms with Gasteiger partial charge in [-0.15, -0.1) is 11.3 Å². The zero-order valence-corrected chi connectivity index (χ0v) is 11.6. The van der Waals surface area contributed by atoms with E-state index in [4.69, 9.17) is 0 Å². The van der Waals surface area contributed by atoms with E-state index in [-0.39, 0.29) is 0 Å². The van der Waals surface area contributed by atoms with Gasteiger partial charge in [-0.05, 0) is 56.5 Å². The number of aliphatic hydroxyl groups is 1. The first-order valence-electron chi connectivity index (χ1n) is 5.79. The van der Waals surface area contributed by atoms with Gasteiger partial charge in [-0.1, -0.05) is 18.2 Å². The second-order valence-electron chi connectivity index (χ2n) is 4.73. The lowest BCUT2D eigenvalue weighted by atomic mass is 9.89. The van der Waals surface area contributed by atoms with E-state index < -0.39 is 5.60 Å². The lowest BCUT2D eigenvalue weighted by Gasteiger charge is -2.25. The van der Waals surface area contributed by atoms with Gasteiger partial charge in [-0.3, -0.25) is 0 Å². The fourth-order valence-corrected chi connectivity index (χ4v) is 3.04. The van der Waals surface area contributed by atoms with Crippen LogP contribution in [0.4, 0.5) is 0 Å². The fraction of sp³-hybridized carbons (Fsp3) is 0.333. The Morgan fingerprint density at radius 2 is 1.76 bits per heavy atom. The van der Waals surface area contributed by atoms with Crippen molar-refractivity contribution < 1.29 is 5.11 Å². The molecule has 1 unspecified atom stereocenters. The Hall–Kier alpha value is -1.12. The molecule has 0 aliphatic rings. The molecule has 0 saturated carbocycles. The summed E-state index contributed by atoms with van der Waals surface area (Å²) < 4.78 is 0. The average Bonchev–Trinajstić information content (AvgIpc) is 2.69. The van der Waals surface area contributed by atoms with Gasteiger partial charge in [0.05, 0.1) is 0 Å². The van der Waals surface area contributed by atoms with Gasteiger partial charge < -0.3 is 5.11 Å². The average molecular weight is 246 g/mol. The van der Waals surface area contributed by atoms with Crippen LogP contribution < -0.4 is 0 Å². The maximum Gasteiger partial charge on any atom is 0.121 e. The van der Waals surface area contributed by atoms with Gasteiger partial charge in [0.1, 0.15) is 5.60 Å². The number of hydrogen-bond acceptors (Lipinski definition) is 2. The Morgan fingerprint density at radius 3 is 2.35 bits per heavy atom. The van der Waals surface area contributed by atoms with Crippen LogP contribution >= 0.6 is 11.3 Å². The third-order valence-electron chi connectivity index (χ3n) is 3.35. The highest BCUT2D eigenvalue weighted by Crippen LogP contribution is 2.36. The van der Waals surface area contributed by atoms with Crippen molar-refractivity contribution in [3.05, 3.63) is 56.8 Å². The molecule has 0 amide bonds. The molecular weight excluding hydrogens is 228 g/mol. The first kappa shape index (κ1) is 12.3. The Bertz CT molecular complexity index is 538. The molecule has 1 heterocycles. The van der Waals surface area contributed by atoms with Crippen molar-refractivity contribution in [1.82, 2.24) is 0 Å². The molecule has 1 N–H and O–H groups in total. The van der Waals surface area contributed by atoms with Crippen molar-refractivity contribution in [2.75, 3.05) is 0 Å². The summed E-state index contributed by atoms with van der Waals surface area (Å²) in [6.45, 7) is 8.08. The predicted molar refractivity (Wildman–Crippen MR) is 73.6 cm³/mol. The molecule has 0 aliphatic heterocycles. The molecule has 90 valence electrons. The Morgan fingerprint density at radius 1 is 1.06 bits per heavy atom. The second-order valence-corrected chi connectivity index (χ2v) is 6.02.